The van der Waals surface area contributed by atoms with Gasteiger partial charge in [-0.1, -0.05) is 6.07 Å². The van der Waals surface area contributed by atoms with Crippen LogP contribution < -0.4 is 20.5 Å². The first kappa shape index (κ1) is 23.9. The first-order chi connectivity index (χ1) is 12.8. The molecule has 1 fully saturated rings. The van der Waals surface area contributed by atoms with Gasteiger partial charge in [-0.25, -0.2) is 8.78 Å². The molecule has 1 aromatic rings. The van der Waals surface area contributed by atoms with Crippen molar-refractivity contribution in [2.24, 2.45) is 11.7 Å². The van der Waals surface area contributed by atoms with Gasteiger partial charge in [0, 0.05) is 19.5 Å². The Morgan fingerprint density at radius 3 is 2.61 bits per heavy atom. The van der Waals surface area contributed by atoms with Crippen LogP contribution in [-0.4, -0.2) is 63.0 Å². The predicted molar refractivity (Wildman–Crippen MR) is 102 cm³/mol. The minimum absolute atomic E-state index is 0. The fraction of sp³-hybridized carbons (Fsp3) is 0.556. The molecule has 1 atom stereocenters. The molecule has 1 aromatic carbocycles. The van der Waals surface area contributed by atoms with Gasteiger partial charge >= 0.3 is 0 Å². The summed E-state index contributed by atoms with van der Waals surface area (Å²) in [4.78, 5) is 25.7. The van der Waals surface area contributed by atoms with Gasteiger partial charge in [0.1, 0.15) is 0 Å². The largest absolute Gasteiger partial charge is 0.493 e. The molecule has 3 N–H and O–H groups in total. The molecule has 1 heterocycles. The van der Waals surface area contributed by atoms with Crippen LogP contribution in [0.25, 0.3) is 0 Å². The van der Waals surface area contributed by atoms with Crippen LogP contribution >= 0.6 is 12.4 Å². The van der Waals surface area contributed by atoms with E-state index in [2.05, 4.69) is 5.32 Å². The summed E-state index contributed by atoms with van der Waals surface area (Å²) in [6.07, 6.45) is 0.595. The number of amides is 2. The van der Waals surface area contributed by atoms with Gasteiger partial charge in [0.05, 0.1) is 33.2 Å². The fourth-order valence-electron chi connectivity index (χ4n) is 2.90. The number of carbonyl (C=O) groups is 2. The highest BCUT2D eigenvalue weighted by molar-refractivity contribution is 5.89. The van der Waals surface area contributed by atoms with Gasteiger partial charge in [0.25, 0.3) is 5.92 Å². The van der Waals surface area contributed by atoms with E-state index in [-0.39, 0.29) is 31.3 Å². The Bertz CT molecular complexity index is 691. The van der Waals surface area contributed by atoms with Gasteiger partial charge in [0.2, 0.25) is 11.8 Å². The molecule has 0 radical (unpaired) electrons. The minimum Gasteiger partial charge on any atom is -0.493 e. The summed E-state index contributed by atoms with van der Waals surface area (Å²) in [5, 5.41) is 2.18. The number of rotatable bonds is 9. The molecule has 28 heavy (non-hydrogen) atoms. The average Bonchev–Trinajstić information content (AvgIpc) is 3.05. The van der Waals surface area contributed by atoms with E-state index in [0.717, 1.165) is 5.56 Å². The predicted octanol–water partition coefficient (Wildman–Crippen LogP) is 1.23. The highest BCUT2D eigenvalue weighted by Gasteiger charge is 2.35. The molecule has 0 saturated carbocycles. The third kappa shape index (κ3) is 6.20. The molecule has 0 aromatic heterocycles. The lowest BCUT2D eigenvalue weighted by Gasteiger charge is -2.18. The van der Waals surface area contributed by atoms with E-state index in [1.807, 2.05) is 12.1 Å². The monoisotopic (exact) mass is 421 g/mol. The van der Waals surface area contributed by atoms with E-state index in [9.17, 15) is 18.4 Å². The number of halogens is 3. The molecule has 10 heteroatoms. The minimum atomic E-state index is -3.15. The van der Waals surface area contributed by atoms with Crippen LogP contribution in [0.2, 0.25) is 0 Å². The lowest BCUT2D eigenvalue weighted by atomic mass is 10.1. The van der Waals surface area contributed by atoms with Gasteiger partial charge in [0.15, 0.2) is 11.5 Å². The fourth-order valence-corrected chi connectivity index (χ4v) is 2.90. The molecular weight excluding hydrogens is 396 g/mol. The Kier molecular flexibility index (Phi) is 8.90. The first-order valence-corrected chi connectivity index (χ1v) is 8.64. The number of methoxy groups -OCH3 is 2. The van der Waals surface area contributed by atoms with Crippen molar-refractivity contribution in [3.8, 4) is 11.5 Å². The molecule has 1 aliphatic rings. The Labute approximate surface area is 168 Å². The summed E-state index contributed by atoms with van der Waals surface area (Å²) in [6, 6.07) is 5.49. The van der Waals surface area contributed by atoms with Crippen LogP contribution in [-0.2, 0) is 16.0 Å². The van der Waals surface area contributed by atoms with Gasteiger partial charge in [-0.2, -0.15) is 0 Å². The van der Waals surface area contributed by atoms with Crippen LogP contribution in [0.15, 0.2) is 18.2 Å². The zero-order valence-corrected chi connectivity index (χ0v) is 16.7. The van der Waals surface area contributed by atoms with E-state index in [0.29, 0.717) is 24.5 Å². The number of nitrogens with one attached hydrogen (secondary N) is 1. The summed E-state index contributed by atoms with van der Waals surface area (Å²) in [7, 11) is 3.10. The van der Waals surface area contributed by atoms with Gasteiger partial charge in [-0.3, -0.25) is 9.59 Å². The molecule has 0 spiro atoms. The van der Waals surface area contributed by atoms with E-state index < -0.39 is 30.8 Å². The average molecular weight is 422 g/mol. The van der Waals surface area contributed by atoms with Gasteiger partial charge < -0.3 is 25.4 Å². The second-order valence-corrected chi connectivity index (χ2v) is 6.46. The molecule has 1 aliphatic heterocycles. The van der Waals surface area contributed by atoms with Crippen molar-refractivity contribution in [2.45, 2.75) is 18.8 Å². The number of hydrogen-bond donors (Lipinski definition) is 2. The highest BCUT2D eigenvalue weighted by Crippen LogP contribution is 2.28. The van der Waals surface area contributed by atoms with Gasteiger partial charge in [-0.15, -0.1) is 12.4 Å². The SMILES string of the molecule is COc1ccc(CCN2CC(C(=O)NCC(F)(F)CN)CC2=O)cc1OC.Cl. The second-order valence-electron chi connectivity index (χ2n) is 6.46. The number of nitrogens with two attached hydrogens (primary N) is 1. The number of benzene rings is 1. The lowest BCUT2D eigenvalue weighted by molar-refractivity contribution is -0.129. The molecule has 2 rings (SSSR count). The number of carbonyl (C=O) groups excluding carboxylic acids is 2. The number of hydrogen-bond acceptors (Lipinski definition) is 5. The van der Waals surface area contributed by atoms with Crippen molar-refractivity contribution < 1.29 is 27.8 Å². The molecular formula is C18H26ClF2N3O4. The van der Waals surface area contributed by atoms with Crippen LogP contribution in [0.5, 0.6) is 11.5 Å². The maximum atomic E-state index is 13.1. The number of likely N-dealkylation sites (tertiary alicyclic amines) is 1. The van der Waals surface area contributed by atoms with Crippen LogP contribution in [0.1, 0.15) is 12.0 Å². The Morgan fingerprint density at radius 2 is 2.00 bits per heavy atom. The van der Waals surface area contributed by atoms with E-state index in [4.69, 9.17) is 15.2 Å². The maximum absolute atomic E-state index is 13.1. The Balaban J connectivity index is 0.00000392. The molecule has 0 bridgehead atoms. The van der Waals surface area contributed by atoms with Crippen molar-refractivity contribution >= 4 is 24.2 Å². The smallest absolute Gasteiger partial charge is 0.277 e. The van der Waals surface area contributed by atoms with Crippen molar-refractivity contribution in [1.82, 2.24) is 10.2 Å². The quantitative estimate of drug-likeness (QED) is 0.625. The van der Waals surface area contributed by atoms with Crippen LogP contribution in [0.4, 0.5) is 8.78 Å². The van der Waals surface area contributed by atoms with Crippen molar-refractivity contribution in [3.05, 3.63) is 23.8 Å². The molecule has 158 valence electrons. The maximum Gasteiger partial charge on any atom is 0.277 e. The van der Waals surface area contributed by atoms with Crippen molar-refractivity contribution in [1.29, 1.82) is 0 Å². The van der Waals surface area contributed by atoms with Crippen molar-refractivity contribution in [2.75, 3.05) is 40.4 Å². The summed E-state index contributed by atoms with van der Waals surface area (Å²) < 4.78 is 36.7. The summed E-state index contributed by atoms with van der Waals surface area (Å²) in [5.74, 6) is -3.28. The van der Waals surface area contributed by atoms with E-state index in [1.54, 1.807) is 25.2 Å². The number of nitrogens with zero attached hydrogens (tertiary/aromatic N) is 1. The molecule has 1 saturated heterocycles. The zero-order valence-electron chi connectivity index (χ0n) is 15.9. The normalized spacial score (nSPS) is 16.5. The molecule has 0 aliphatic carbocycles. The first-order valence-electron chi connectivity index (χ1n) is 8.64. The van der Waals surface area contributed by atoms with Crippen molar-refractivity contribution in [3.63, 3.8) is 0 Å². The Hall–Kier alpha value is -2.13. The summed E-state index contributed by atoms with van der Waals surface area (Å²) >= 11 is 0. The number of alkyl halides is 2. The molecule has 7 nitrogen and oxygen atoms in total. The topological polar surface area (TPSA) is 93.9 Å². The van der Waals surface area contributed by atoms with Crippen LogP contribution in [0.3, 0.4) is 0 Å². The summed E-state index contributed by atoms with van der Waals surface area (Å²) in [6.45, 7) is -1.02. The molecule has 2 amide bonds. The van der Waals surface area contributed by atoms with E-state index >= 15 is 0 Å². The molecule has 1 unspecified atom stereocenters. The highest BCUT2D eigenvalue weighted by atomic mass is 35.5. The third-order valence-electron chi connectivity index (χ3n) is 4.52. The summed E-state index contributed by atoms with van der Waals surface area (Å²) in [5.41, 5.74) is 5.90. The lowest BCUT2D eigenvalue weighted by Crippen LogP contribution is -2.44. The standard InChI is InChI=1S/C18H25F2N3O4.ClH/c1-26-14-4-3-12(7-15(14)27-2)5-6-23-9-13(8-16(23)24)17(25)22-11-18(19,20)10-21;/h3-4,7,13H,5-6,8-11,21H2,1-2H3,(H,22,25);1H. The number of ether oxygens (including phenoxy) is 2. The zero-order chi connectivity index (χ0) is 20.0. The van der Waals surface area contributed by atoms with Gasteiger partial charge in [-0.05, 0) is 24.1 Å². The van der Waals surface area contributed by atoms with E-state index in [1.165, 1.54) is 0 Å². The third-order valence-corrected chi connectivity index (χ3v) is 4.52. The van der Waals surface area contributed by atoms with Crippen LogP contribution in [0, 0.1) is 5.92 Å². The Morgan fingerprint density at radius 1 is 1.32 bits per heavy atom. The second kappa shape index (κ2) is 10.4.